The van der Waals surface area contributed by atoms with E-state index in [1.54, 1.807) is 18.2 Å². The van der Waals surface area contributed by atoms with E-state index in [0.717, 1.165) is 27.6 Å². The van der Waals surface area contributed by atoms with Gasteiger partial charge in [-0.05, 0) is 23.8 Å². The third kappa shape index (κ3) is 4.02. The largest absolute Gasteiger partial charge is 0.454 e. The zero-order valence-electron chi connectivity index (χ0n) is 16.4. The molecule has 0 atom stereocenters. The van der Waals surface area contributed by atoms with Crippen LogP contribution in [-0.2, 0) is 11.8 Å². The number of hydrogen-bond donors (Lipinski definition) is 1. The molecule has 29 heavy (non-hydrogen) atoms. The fourth-order valence-corrected chi connectivity index (χ4v) is 4.42. The van der Waals surface area contributed by atoms with Crippen LogP contribution in [0, 0.1) is 10.1 Å². The highest BCUT2D eigenvalue weighted by molar-refractivity contribution is 7.15. The van der Waals surface area contributed by atoms with Gasteiger partial charge in [0.1, 0.15) is 5.69 Å². The third-order valence-electron chi connectivity index (χ3n) is 4.55. The van der Waals surface area contributed by atoms with E-state index in [1.165, 1.54) is 17.4 Å². The first kappa shape index (κ1) is 19.2. The summed E-state index contributed by atoms with van der Waals surface area (Å²) in [6, 6.07) is 12.5. The topological polar surface area (TPSA) is 86.5 Å². The SMILES string of the molecule is CC(C)(C)c1nc(Nc2ccccc2[N+](=O)[O-])sc1Cc1ccc2c(c1)OCO2. The molecule has 0 fully saturated rings. The van der Waals surface area contributed by atoms with Crippen LogP contribution in [0.2, 0.25) is 0 Å². The van der Waals surface area contributed by atoms with Crippen molar-refractivity contribution in [3.05, 3.63) is 68.7 Å². The molecule has 0 radical (unpaired) electrons. The quantitative estimate of drug-likeness (QED) is 0.446. The molecule has 150 valence electrons. The summed E-state index contributed by atoms with van der Waals surface area (Å²) in [5.41, 5.74) is 2.37. The summed E-state index contributed by atoms with van der Waals surface area (Å²) in [5.74, 6) is 1.51. The summed E-state index contributed by atoms with van der Waals surface area (Å²) in [6.45, 7) is 6.58. The molecule has 1 N–H and O–H groups in total. The van der Waals surface area contributed by atoms with Crippen LogP contribution in [0.1, 0.15) is 36.9 Å². The molecule has 0 unspecified atom stereocenters. The number of nitrogens with zero attached hydrogens (tertiary/aromatic N) is 2. The monoisotopic (exact) mass is 411 g/mol. The molecule has 2 heterocycles. The second kappa shape index (κ2) is 7.36. The van der Waals surface area contributed by atoms with Gasteiger partial charge in [-0.2, -0.15) is 0 Å². The summed E-state index contributed by atoms with van der Waals surface area (Å²) in [4.78, 5) is 16.8. The molecule has 0 saturated heterocycles. The third-order valence-corrected chi connectivity index (χ3v) is 5.52. The van der Waals surface area contributed by atoms with Gasteiger partial charge in [-0.15, -0.1) is 11.3 Å². The number of rotatable bonds is 5. The van der Waals surface area contributed by atoms with Gasteiger partial charge in [0, 0.05) is 22.8 Å². The number of nitro benzene ring substituents is 1. The van der Waals surface area contributed by atoms with E-state index in [9.17, 15) is 10.1 Å². The number of ether oxygens (including phenoxy) is 2. The summed E-state index contributed by atoms with van der Waals surface area (Å²) < 4.78 is 10.9. The van der Waals surface area contributed by atoms with E-state index in [0.29, 0.717) is 17.2 Å². The van der Waals surface area contributed by atoms with Crippen LogP contribution in [0.25, 0.3) is 0 Å². The van der Waals surface area contributed by atoms with Crippen molar-refractivity contribution in [1.82, 2.24) is 4.98 Å². The van der Waals surface area contributed by atoms with Gasteiger partial charge in [0.25, 0.3) is 5.69 Å². The number of nitro groups is 1. The molecular weight excluding hydrogens is 390 g/mol. The van der Waals surface area contributed by atoms with Crippen molar-refractivity contribution in [2.45, 2.75) is 32.6 Å². The van der Waals surface area contributed by atoms with Crippen molar-refractivity contribution >= 4 is 27.8 Å². The van der Waals surface area contributed by atoms with Crippen LogP contribution in [0.4, 0.5) is 16.5 Å². The van der Waals surface area contributed by atoms with Gasteiger partial charge in [0.15, 0.2) is 16.6 Å². The highest BCUT2D eigenvalue weighted by Gasteiger charge is 2.25. The maximum atomic E-state index is 11.3. The maximum Gasteiger partial charge on any atom is 0.292 e. The first-order valence-corrected chi connectivity index (χ1v) is 10.0. The molecule has 1 aliphatic heterocycles. The van der Waals surface area contributed by atoms with E-state index in [1.807, 2.05) is 18.2 Å². The highest BCUT2D eigenvalue weighted by Crippen LogP contribution is 2.38. The first-order chi connectivity index (χ1) is 13.8. The Labute approximate surface area is 172 Å². The van der Waals surface area contributed by atoms with Crippen molar-refractivity contribution in [2.75, 3.05) is 12.1 Å². The zero-order chi connectivity index (χ0) is 20.6. The lowest BCUT2D eigenvalue weighted by molar-refractivity contribution is -0.383. The van der Waals surface area contributed by atoms with Crippen LogP contribution in [0.5, 0.6) is 11.5 Å². The minimum Gasteiger partial charge on any atom is -0.454 e. The fourth-order valence-electron chi connectivity index (χ4n) is 3.20. The number of nitrogens with one attached hydrogen (secondary N) is 1. The van der Waals surface area contributed by atoms with Gasteiger partial charge in [0.2, 0.25) is 6.79 Å². The molecular formula is C21H21N3O4S. The van der Waals surface area contributed by atoms with Gasteiger partial charge < -0.3 is 14.8 Å². The van der Waals surface area contributed by atoms with Gasteiger partial charge in [-0.1, -0.05) is 39.0 Å². The number of benzene rings is 2. The van der Waals surface area contributed by atoms with E-state index in [4.69, 9.17) is 14.5 Å². The molecule has 0 saturated carbocycles. The molecule has 8 heteroatoms. The minimum absolute atomic E-state index is 0.0253. The van der Waals surface area contributed by atoms with E-state index in [-0.39, 0.29) is 17.9 Å². The summed E-state index contributed by atoms with van der Waals surface area (Å²) in [7, 11) is 0. The Morgan fingerprint density at radius 1 is 1.17 bits per heavy atom. The second-order valence-corrected chi connectivity index (χ2v) is 8.89. The Morgan fingerprint density at radius 3 is 2.69 bits per heavy atom. The number of thiazole rings is 1. The van der Waals surface area contributed by atoms with Crippen LogP contribution >= 0.6 is 11.3 Å². The van der Waals surface area contributed by atoms with Crippen molar-refractivity contribution in [3.8, 4) is 11.5 Å². The van der Waals surface area contributed by atoms with Crippen molar-refractivity contribution < 1.29 is 14.4 Å². The van der Waals surface area contributed by atoms with Crippen molar-refractivity contribution in [1.29, 1.82) is 0 Å². The lowest BCUT2D eigenvalue weighted by Gasteiger charge is -2.17. The number of aromatic nitrogens is 1. The predicted octanol–water partition coefficient (Wildman–Crippen LogP) is 5.41. The average Bonchev–Trinajstić information content (AvgIpc) is 3.28. The summed E-state index contributed by atoms with van der Waals surface area (Å²) in [5, 5.41) is 15.1. The Bertz CT molecular complexity index is 1070. The predicted molar refractivity (Wildman–Crippen MR) is 113 cm³/mol. The van der Waals surface area contributed by atoms with Crippen molar-refractivity contribution in [2.24, 2.45) is 0 Å². The van der Waals surface area contributed by atoms with Crippen LogP contribution < -0.4 is 14.8 Å². The molecule has 0 amide bonds. The second-order valence-electron chi connectivity index (χ2n) is 7.80. The fraction of sp³-hybridized carbons (Fsp3) is 0.286. The number of para-hydroxylation sites is 2. The molecule has 1 aliphatic rings. The molecule has 0 spiro atoms. The smallest absolute Gasteiger partial charge is 0.292 e. The standard InChI is InChI=1S/C21H21N3O4S/c1-21(2,3)19-18(11-13-8-9-16-17(10-13)28-12-27-16)29-20(23-19)22-14-6-4-5-7-15(14)24(25)26/h4-10H,11-12H2,1-3H3,(H,22,23). The number of fused-ring (bicyclic) bond motifs is 1. The van der Waals surface area contributed by atoms with Crippen LogP contribution in [0.3, 0.4) is 0 Å². The van der Waals surface area contributed by atoms with Gasteiger partial charge in [-0.3, -0.25) is 10.1 Å². The van der Waals surface area contributed by atoms with Crippen LogP contribution in [-0.4, -0.2) is 16.7 Å². The Kier molecular flexibility index (Phi) is 4.87. The van der Waals surface area contributed by atoms with Crippen LogP contribution in [0.15, 0.2) is 42.5 Å². The molecule has 4 rings (SSSR count). The van der Waals surface area contributed by atoms with Gasteiger partial charge >= 0.3 is 0 Å². The average molecular weight is 411 g/mol. The molecule has 0 bridgehead atoms. The van der Waals surface area contributed by atoms with E-state index in [2.05, 4.69) is 26.1 Å². The molecule has 0 aliphatic carbocycles. The number of hydrogen-bond acceptors (Lipinski definition) is 7. The molecule has 1 aromatic heterocycles. The summed E-state index contributed by atoms with van der Waals surface area (Å²) in [6.07, 6.45) is 0.694. The number of anilines is 2. The Hall–Kier alpha value is -3.13. The zero-order valence-corrected chi connectivity index (χ0v) is 17.2. The molecule has 2 aromatic carbocycles. The molecule has 3 aromatic rings. The minimum atomic E-state index is -0.395. The molecule has 7 nitrogen and oxygen atoms in total. The Morgan fingerprint density at radius 2 is 1.93 bits per heavy atom. The van der Waals surface area contributed by atoms with Crippen molar-refractivity contribution in [3.63, 3.8) is 0 Å². The van der Waals surface area contributed by atoms with E-state index < -0.39 is 4.92 Å². The van der Waals surface area contributed by atoms with Gasteiger partial charge in [0.05, 0.1) is 10.6 Å². The lowest BCUT2D eigenvalue weighted by Crippen LogP contribution is -2.14. The summed E-state index contributed by atoms with van der Waals surface area (Å²) >= 11 is 1.51. The maximum absolute atomic E-state index is 11.3. The van der Waals surface area contributed by atoms with E-state index >= 15 is 0 Å². The lowest BCUT2D eigenvalue weighted by atomic mass is 9.90. The Balaban J connectivity index is 1.66. The van der Waals surface area contributed by atoms with Gasteiger partial charge in [-0.25, -0.2) is 4.98 Å². The first-order valence-electron chi connectivity index (χ1n) is 9.20. The normalized spacial score (nSPS) is 12.8. The highest BCUT2D eigenvalue weighted by atomic mass is 32.1.